The number of carbonyl (C=O) groups excluding carboxylic acids is 1. The normalized spacial score (nSPS) is 42.8. The van der Waals surface area contributed by atoms with Gasteiger partial charge in [-0.15, -0.1) is 11.6 Å². The van der Waals surface area contributed by atoms with Crippen LogP contribution in [0.25, 0.3) is 0 Å². The minimum atomic E-state index is -0.0543. The minimum absolute atomic E-state index is 0.0105. The lowest BCUT2D eigenvalue weighted by molar-refractivity contribution is -0.155. The van der Waals surface area contributed by atoms with E-state index >= 15 is 0 Å². The first-order chi connectivity index (χ1) is 9.26. The van der Waals surface area contributed by atoms with Crippen molar-refractivity contribution in [2.45, 2.75) is 59.3 Å². The van der Waals surface area contributed by atoms with Crippen LogP contribution in [0.5, 0.6) is 0 Å². The van der Waals surface area contributed by atoms with Gasteiger partial charge in [0.25, 0.3) is 0 Å². The summed E-state index contributed by atoms with van der Waals surface area (Å²) in [7, 11) is 0. The van der Waals surface area contributed by atoms with Crippen molar-refractivity contribution in [3.8, 4) is 0 Å². The van der Waals surface area contributed by atoms with E-state index in [1.54, 1.807) is 0 Å². The molecule has 0 saturated heterocycles. The summed E-state index contributed by atoms with van der Waals surface area (Å²) in [5.74, 6) is 2.50. The molecule has 4 saturated carbocycles. The van der Waals surface area contributed by atoms with Crippen LogP contribution in [0.4, 0.5) is 0 Å². The van der Waals surface area contributed by atoms with Crippen molar-refractivity contribution in [3.05, 3.63) is 0 Å². The predicted octanol–water partition coefficient (Wildman–Crippen LogP) is 3.97. The van der Waals surface area contributed by atoms with Crippen molar-refractivity contribution in [2.75, 3.05) is 12.4 Å². The van der Waals surface area contributed by atoms with Crippen LogP contribution in [0.2, 0.25) is 0 Å². The quantitative estimate of drug-likeness (QED) is 0.782. The number of hydrogen-bond donors (Lipinski definition) is 1. The zero-order chi connectivity index (χ0) is 14.6. The standard InChI is InChI=1S/C17H28ClNO/c1-15(2,10-18)11-19-14(20)17-7-12-4-13(8-17)6-16(3,5-12)9-17/h12-13H,4-11H2,1-3H3,(H,19,20). The molecule has 3 heteroatoms. The van der Waals surface area contributed by atoms with Crippen LogP contribution in [-0.4, -0.2) is 18.3 Å². The summed E-state index contributed by atoms with van der Waals surface area (Å²) in [6, 6.07) is 0. The number of carbonyl (C=O) groups is 1. The van der Waals surface area contributed by atoms with Gasteiger partial charge in [0.2, 0.25) is 5.91 Å². The molecule has 2 nitrogen and oxygen atoms in total. The Morgan fingerprint density at radius 2 is 1.85 bits per heavy atom. The van der Waals surface area contributed by atoms with Crippen LogP contribution in [0.1, 0.15) is 59.3 Å². The van der Waals surface area contributed by atoms with E-state index in [2.05, 4.69) is 26.1 Å². The van der Waals surface area contributed by atoms with E-state index in [1.165, 1.54) is 19.3 Å². The van der Waals surface area contributed by atoms with Gasteiger partial charge in [-0.2, -0.15) is 0 Å². The van der Waals surface area contributed by atoms with Gasteiger partial charge in [-0.1, -0.05) is 20.8 Å². The fraction of sp³-hybridized carbons (Fsp3) is 0.941. The molecule has 2 unspecified atom stereocenters. The average Bonchev–Trinajstić information content (AvgIpc) is 2.33. The van der Waals surface area contributed by atoms with Crippen LogP contribution >= 0.6 is 11.6 Å². The third-order valence-corrected chi connectivity index (χ3v) is 6.65. The molecular formula is C17H28ClNO. The van der Waals surface area contributed by atoms with Gasteiger partial charge in [0, 0.05) is 12.4 Å². The summed E-state index contributed by atoms with van der Waals surface area (Å²) in [4.78, 5) is 12.8. The van der Waals surface area contributed by atoms with Gasteiger partial charge in [-0.25, -0.2) is 0 Å². The molecule has 20 heavy (non-hydrogen) atoms. The summed E-state index contributed by atoms with van der Waals surface area (Å²) in [6.07, 6.45) is 7.45. The predicted molar refractivity (Wildman–Crippen MR) is 82.7 cm³/mol. The van der Waals surface area contributed by atoms with E-state index in [9.17, 15) is 4.79 Å². The average molecular weight is 298 g/mol. The topological polar surface area (TPSA) is 29.1 Å². The monoisotopic (exact) mass is 297 g/mol. The summed E-state index contributed by atoms with van der Waals surface area (Å²) < 4.78 is 0. The van der Waals surface area contributed by atoms with E-state index < -0.39 is 0 Å². The van der Waals surface area contributed by atoms with E-state index in [1.807, 2.05) is 0 Å². The zero-order valence-corrected chi connectivity index (χ0v) is 13.9. The molecule has 0 heterocycles. The molecule has 1 N–H and O–H groups in total. The second-order valence-corrected chi connectivity index (χ2v) is 9.30. The van der Waals surface area contributed by atoms with Crippen molar-refractivity contribution in [2.24, 2.45) is 28.1 Å². The fourth-order valence-electron chi connectivity index (χ4n) is 5.54. The molecule has 2 atom stereocenters. The highest BCUT2D eigenvalue weighted by Gasteiger charge is 2.58. The molecule has 0 aromatic carbocycles. The van der Waals surface area contributed by atoms with Crippen LogP contribution in [0, 0.1) is 28.1 Å². The molecule has 0 spiro atoms. The van der Waals surface area contributed by atoms with Gasteiger partial charge in [-0.05, 0) is 61.2 Å². The maximum atomic E-state index is 12.8. The zero-order valence-electron chi connectivity index (χ0n) is 13.1. The first kappa shape index (κ1) is 14.7. The molecule has 0 aliphatic heterocycles. The molecule has 4 aliphatic carbocycles. The number of alkyl halides is 1. The number of amides is 1. The molecule has 4 fully saturated rings. The molecular weight excluding hydrogens is 270 g/mol. The Morgan fingerprint density at radius 3 is 2.35 bits per heavy atom. The Labute approximate surface area is 128 Å². The maximum Gasteiger partial charge on any atom is 0.226 e. The van der Waals surface area contributed by atoms with E-state index in [0.717, 1.165) is 31.1 Å². The van der Waals surface area contributed by atoms with Crippen molar-refractivity contribution in [1.29, 1.82) is 0 Å². The van der Waals surface area contributed by atoms with Gasteiger partial charge >= 0.3 is 0 Å². The van der Waals surface area contributed by atoms with Crippen molar-refractivity contribution in [3.63, 3.8) is 0 Å². The number of hydrogen-bond acceptors (Lipinski definition) is 1. The van der Waals surface area contributed by atoms with Gasteiger partial charge in [-0.3, -0.25) is 4.79 Å². The van der Waals surface area contributed by atoms with Crippen LogP contribution in [0.15, 0.2) is 0 Å². The van der Waals surface area contributed by atoms with Crippen molar-refractivity contribution >= 4 is 17.5 Å². The van der Waals surface area contributed by atoms with Crippen molar-refractivity contribution in [1.82, 2.24) is 5.32 Å². The summed E-state index contributed by atoms with van der Waals surface area (Å²) in [6.45, 7) is 7.33. The molecule has 4 rings (SSSR count). The van der Waals surface area contributed by atoms with E-state index in [-0.39, 0.29) is 10.8 Å². The highest BCUT2D eigenvalue weighted by molar-refractivity contribution is 6.18. The largest absolute Gasteiger partial charge is 0.355 e. The number of rotatable bonds is 4. The Kier molecular flexibility index (Phi) is 3.40. The maximum absolute atomic E-state index is 12.8. The molecule has 4 bridgehead atoms. The Bertz CT molecular complexity index is 403. The van der Waals surface area contributed by atoms with Gasteiger partial charge in [0.1, 0.15) is 0 Å². The second-order valence-electron chi connectivity index (χ2n) is 9.03. The molecule has 0 aromatic rings. The third-order valence-electron chi connectivity index (χ3n) is 5.92. The van der Waals surface area contributed by atoms with E-state index in [4.69, 9.17) is 11.6 Å². The Hall–Kier alpha value is -0.240. The van der Waals surface area contributed by atoms with Gasteiger partial charge in [0.05, 0.1) is 5.41 Å². The van der Waals surface area contributed by atoms with Gasteiger partial charge < -0.3 is 5.32 Å². The minimum Gasteiger partial charge on any atom is -0.355 e. The van der Waals surface area contributed by atoms with E-state index in [0.29, 0.717) is 23.7 Å². The highest BCUT2D eigenvalue weighted by atomic mass is 35.5. The lowest BCUT2D eigenvalue weighted by Crippen LogP contribution is -2.57. The highest BCUT2D eigenvalue weighted by Crippen LogP contribution is 2.65. The molecule has 114 valence electrons. The molecule has 0 radical (unpaired) electrons. The lowest BCUT2D eigenvalue weighted by atomic mass is 9.44. The van der Waals surface area contributed by atoms with Gasteiger partial charge in [0.15, 0.2) is 0 Å². The van der Waals surface area contributed by atoms with Crippen LogP contribution in [0.3, 0.4) is 0 Å². The first-order valence-corrected chi connectivity index (χ1v) is 8.64. The summed E-state index contributed by atoms with van der Waals surface area (Å²) in [5.41, 5.74) is 0.369. The lowest BCUT2D eigenvalue weighted by Gasteiger charge is -2.60. The Morgan fingerprint density at radius 1 is 1.25 bits per heavy atom. The van der Waals surface area contributed by atoms with Crippen molar-refractivity contribution < 1.29 is 4.79 Å². The number of halogens is 1. The third kappa shape index (κ3) is 2.49. The smallest absolute Gasteiger partial charge is 0.226 e. The summed E-state index contributed by atoms with van der Waals surface area (Å²) in [5, 5.41) is 3.22. The molecule has 0 aromatic heterocycles. The molecule has 4 aliphatic rings. The van der Waals surface area contributed by atoms with Crippen LogP contribution in [-0.2, 0) is 4.79 Å². The fourth-order valence-corrected chi connectivity index (χ4v) is 5.63. The Balaban J connectivity index is 1.71. The second kappa shape index (κ2) is 4.63. The SMILES string of the molecule is CC(C)(CCl)CNC(=O)C12CC3CC(CC(C)(C3)C1)C2. The first-order valence-electron chi connectivity index (χ1n) is 8.10. The summed E-state index contributed by atoms with van der Waals surface area (Å²) >= 11 is 5.97. The van der Waals surface area contributed by atoms with Crippen LogP contribution < -0.4 is 5.32 Å². The molecule has 1 amide bonds. The number of nitrogens with one attached hydrogen (secondary N) is 1.